The Hall–Kier alpha value is -4.13. The summed E-state index contributed by atoms with van der Waals surface area (Å²) in [6.07, 6.45) is 3.67. The predicted molar refractivity (Wildman–Crippen MR) is 127 cm³/mol. The van der Waals surface area contributed by atoms with Crippen molar-refractivity contribution in [3.05, 3.63) is 96.1 Å². The summed E-state index contributed by atoms with van der Waals surface area (Å²) in [6.45, 7) is 0.383. The third kappa shape index (κ3) is 5.57. The van der Waals surface area contributed by atoms with Crippen molar-refractivity contribution >= 4 is 11.9 Å². The number of hydrogen-bond acceptors (Lipinski definition) is 5. The zero-order chi connectivity index (χ0) is 23.2. The Morgan fingerprint density at radius 3 is 2.48 bits per heavy atom. The van der Waals surface area contributed by atoms with E-state index in [1.54, 1.807) is 24.5 Å². The number of rotatable bonds is 7. The monoisotopic (exact) mass is 441 g/mol. The summed E-state index contributed by atoms with van der Waals surface area (Å²) < 4.78 is 13.3. The van der Waals surface area contributed by atoms with Gasteiger partial charge < -0.3 is 10.2 Å². The molecule has 1 N–H and O–H groups in total. The van der Waals surface area contributed by atoms with Crippen LogP contribution in [0, 0.1) is 5.82 Å². The molecule has 0 aliphatic heterocycles. The molecule has 166 valence electrons. The molecule has 2 aromatic heterocycles. The van der Waals surface area contributed by atoms with E-state index in [9.17, 15) is 9.18 Å². The van der Waals surface area contributed by atoms with E-state index >= 15 is 0 Å². The number of carbonyl (C=O) groups is 1. The smallest absolute Gasteiger partial charge is 0.225 e. The fourth-order valence-electron chi connectivity index (χ4n) is 3.39. The van der Waals surface area contributed by atoms with Crippen molar-refractivity contribution in [2.24, 2.45) is 0 Å². The highest BCUT2D eigenvalue weighted by molar-refractivity contribution is 5.80. The molecule has 0 fully saturated rings. The first-order valence-electron chi connectivity index (χ1n) is 10.6. The summed E-state index contributed by atoms with van der Waals surface area (Å²) in [6, 6.07) is 19.7. The molecular weight excluding hydrogens is 417 g/mol. The molecule has 0 saturated carbocycles. The van der Waals surface area contributed by atoms with E-state index in [0.717, 1.165) is 28.1 Å². The van der Waals surface area contributed by atoms with Crippen molar-refractivity contribution in [2.45, 2.75) is 13.0 Å². The van der Waals surface area contributed by atoms with E-state index in [4.69, 9.17) is 4.98 Å². The SMILES string of the molecule is CN(C)c1ncc(-c2ccccn2)c(-c2ccc(CNC(=O)Cc3cccc(F)c3)cc2)n1. The molecule has 0 atom stereocenters. The van der Waals surface area contributed by atoms with E-state index in [1.165, 1.54) is 12.1 Å². The minimum absolute atomic E-state index is 0.136. The van der Waals surface area contributed by atoms with Crippen LogP contribution in [0.2, 0.25) is 0 Å². The maximum atomic E-state index is 13.3. The lowest BCUT2D eigenvalue weighted by molar-refractivity contribution is -0.120. The van der Waals surface area contributed by atoms with Gasteiger partial charge in [-0.15, -0.1) is 0 Å². The van der Waals surface area contributed by atoms with Crippen LogP contribution in [0.5, 0.6) is 0 Å². The number of pyridine rings is 1. The number of hydrogen-bond donors (Lipinski definition) is 1. The molecule has 7 heteroatoms. The standard InChI is InChI=1S/C26H24FN5O/c1-32(2)26-30-17-22(23-8-3-4-13-28-23)25(31-26)20-11-9-18(10-12-20)16-29-24(33)15-19-6-5-7-21(27)14-19/h3-14,17H,15-16H2,1-2H3,(H,29,33). The van der Waals surface area contributed by atoms with Crippen LogP contribution in [0.3, 0.4) is 0 Å². The Morgan fingerprint density at radius 1 is 0.970 bits per heavy atom. The largest absolute Gasteiger partial charge is 0.352 e. The highest BCUT2D eigenvalue weighted by Crippen LogP contribution is 2.30. The average molecular weight is 442 g/mol. The van der Waals surface area contributed by atoms with Crippen molar-refractivity contribution < 1.29 is 9.18 Å². The number of nitrogens with zero attached hydrogens (tertiary/aromatic N) is 4. The van der Waals surface area contributed by atoms with Crippen LogP contribution >= 0.6 is 0 Å². The van der Waals surface area contributed by atoms with Gasteiger partial charge in [-0.25, -0.2) is 14.4 Å². The lowest BCUT2D eigenvalue weighted by atomic mass is 10.0. The zero-order valence-corrected chi connectivity index (χ0v) is 18.5. The highest BCUT2D eigenvalue weighted by Gasteiger charge is 2.14. The molecule has 0 unspecified atom stereocenters. The molecule has 0 aliphatic carbocycles. The van der Waals surface area contributed by atoms with E-state index < -0.39 is 0 Å². The number of nitrogens with one attached hydrogen (secondary N) is 1. The molecule has 4 aromatic rings. The molecule has 4 rings (SSSR count). The number of anilines is 1. The van der Waals surface area contributed by atoms with Crippen molar-refractivity contribution in [2.75, 3.05) is 19.0 Å². The Morgan fingerprint density at radius 2 is 1.79 bits per heavy atom. The van der Waals surface area contributed by atoms with Crippen LogP contribution < -0.4 is 10.2 Å². The number of aromatic nitrogens is 3. The van der Waals surface area contributed by atoms with Crippen LogP contribution in [0.15, 0.2) is 79.1 Å². The fraction of sp³-hybridized carbons (Fsp3) is 0.154. The van der Waals surface area contributed by atoms with Crippen molar-refractivity contribution in [1.82, 2.24) is 20.3 Å². The van der Waals surface area contributed by atoms with Crippen molar-refractivity contribution in [3.8, 4) is 22.5 Å². The Bertz CT molecular complexity index is 1240. The van der Waals surface area contributed by atoms with Gasteiger partial charge in [-0.2, -0.15) is 0 Å². The summed E-state index contributed by atoms with van der Waals surface area (Å²) in [5, 5.41) is 2.88. The topological polar surface area (TPSA) is 71.0 Å². The molecule has 2 aromatic carbocycles. The molecule has 0 saturated heterocycles. The number of carbonyl (C=O) groups excluding carboxylic acids is 1. The quantitative estimate of drug-likeness (QED) is 0.464. The van der Waals surface area contributed by atoms with Gasteiger partial charge in [-0.3, -0.25) is 9.78 Å². The van der Waals surface area contributed by atoms with Gasteiger partial charge >= 0.3 is 0 Å². The van der Waals surface area contributed by atoms with E-state index in [-0.39, 0.29) is 18.1 Å². The number of halogens is 1. The summed E-state index contributed by atoms with van der Waals surface area (Å²) in [7, 11) is 3.80. The maximum Gasteiger partial charge on any atom is 0.225 e. The van der Waals surface area contributed by atoms with E-state index in [2.05, 4.69) is 15.3 Å². The zero-order valence-electron chi connectivity index (χ0n) is 18.5. The van der Waals surface area contributed by atoms with Crippen LogP contribution in [0.25, 0.3) is 22.5 Å². The summed E-state index contributed by atoms with van der Waals surface area (Å²) in [5.41, 5.74) is 4.95. The van der Waals surface area contributed by atoms with E-state index in [1.807, 2.05) is 61.5 Å². The summed E-state index contributed by atoms with van der Waals surface area (Å²) >= 11 is 0. The molecule has 6 nitrogen and oxygen atoms in total. The molecule has 0 radical (unpaired) electrons. The van der Waals surface area contributed by atoms with Gasteiger partial charge in [0, 0.05) is 44.2 Å². The normalized spacial score (nSPS) is 10.6. The molecule has 33 heavy (non-hydrogen) atoms. The first kappa shape index (κ1) is 22.1. The first-order chi connectivity index (χ1) is 16.0. The van der Waals surface area contributed by atoms with Gasteiger partial charge in [0.1, 0.15) is 5.82 Å². The van der Waals surface area contributed by atoms with E-state index in [0.29, 0.717) is 18.1 Å². The first-order valence-corrected chi connectivity index (χ1v) is 10.6. The van der Waals surface area contributed by atoms with Gasteiger partial charge in [0.05, 0.1) is 17.8 Å². The molecule has 0 spiro atoms. The third-order valence-electron chi connectivity index (χ3n) is 5.09. The summed E-state index contributed by atoms with van der Waals surface area (Å²) in [4.78, 5) is 27.7. The lowest BCUT2D eigenvalue weighted by Crippen LogP contribution is -2.24. The second kappa shape index (κ2) is 9.99. The Balaban J connectivity index is 1.50. The highest BCUT2D eigenvalue weighted by atomic mass is 19.1. The van der Waals surface area contributed by atoms with Crippen LogP contribution in [0.1, 0.15) is 11.1 Å². The fourth-order valence-corrected chi connectivity index (χ4v) is 3.39. The van der Waals surface area contributed by atoms with Gasteiger partial charge in [0.25, 0.3) is 0 Å². The molecule has 0 aliphatic rings. The van der Waals surface area contributed by atoms with Crippen molar-refractivity contribution in [1.29, 1.82) is 0 Å². The second-order valence-electron chi connectivity index (χ2n) is 7.82. The molecule has 1 amide bonds. The second-order valence-corrected chi connectivity index (χ2v) is 7.82. The van der Waals surface area contributed by atoms with Crippen LogP contribution in [0.4, 0.5) is 10.3 Å². The predicted octanol–water partition coefficient (Wildman–Crippen LogP) is 4.27. The molecule has 0 bridgehead atoms. The summed E-state index contributed by atoms with van der Waals surface area (Å²) in [5.74, 6) is 0.106. The van der Waals surface area contributed by atoms with Gasteiger partial charge in [0.15, 0.2) is 0 Å². The minimum atomic E-state index is -0.344. The molecule has 2 heterocycles. The average Bonchev–Trinajstić information content (AvgIpc) is 2.83. The van der Waals surface area contributed by atoms with Gasteiger partial charge in [-0.1, -0.05) is 42.5 Å². The van der Waals surface area contributed by atoms with Gasteiger partial charge in [0.2, 0.25) is 11.9 Å². The van der Waals surface area contributed by atoms with Crippen LogP contribution in [-0.2, 0) is 17.8 Å². The Labute approximate surface area is 192 Å². The third-order valence-corrected chi connectivity index (χ3v) is 5.09. The maximum absolute atomic E-state index is 13.3. The molecular formula is C26H24FN5O. The van der Waals surface area contributed by atoms with Crippen molar-refractivity contribution in [3.63, 3.8) is 0 Å². The number of benzene rings is 2. The Kier molecular flexibility index (Phi) is 6.69. The minimum Gasteiger partial charge on any atom is -0.352 e. The lowest BCUT2D eigenvalue weighted by Gasteiger charge is -2.14. The number of amides is 1. The van der Waals surface area contributed by atoms with Gasteiger partial charge in [-0.05, 0) is 35.4 Å². The van der Waals surface area contributed by atoms with Crippen LogP contribution in [-0.4, -0.2) is 35.0 Å².